The molecule has 28 heavy (non-hydrogen) atoms. The quantitative estimate of drug-likeness (QED) is 0.481. The molecule has 0 fully saturated rings. The maximum Gasteiger partial charge on any atom is 0.338 e. The van der Waals surface area contributed by atoms with Crippen molar-refractivity contribution in [3.05, 3.63) is 69.5 Å². The van der Waals surface area contributed by atoms with Gasteiger partial charge in [-0.2, -0.15) is 4.39 Å². The van der Waals surface area contributed by atoms with E-state index in [-0.39, 0.29) is 17.9 Å². The molecule has 0 saturated carbocycles. The number of carbonyl (C=O) groups excluding carboxylic acids is 2. The van der Waals surface area contributed by atoms with E-state index >= 15 is 0 Å². The molecule has 1 aliphatic rings. The number of benzene rings is 2. The summed E-state index contributed by atoms with van der Waals surface area (Å²) in [5, 5.41) is 13.1. The van der Waals surface area contributed by atoms with Crippen LogP contribution in [0.25, 0.3) is 6.08 Å². The van der Waals surface area contributed by atoms with Crippen LogP contribution in [-0.2, 0) is 14.3 Å². The molecule has 1 aliphatic heterocycles. The number of nitro groups is 1. The Morgan fingerprint density at radius 3 is 2.79 bits per heavy atom. The van der Waals surface area contributed by atoms with Crippen LogP contribution in [0.15, 0.2) is 48.0 Å². The number of nitrogens with one attached hydrogen (secondary N) is 1. The summed E-state index contributed by atoms with van der Waals surface area (Å²) in [6.07, 6.45) is 0.435. The molecule has 0 unspecified atom stereocenters. The fraction of sp³-hybridized carbons (Fsp3) is 0.158. The number of anilines is 1. The van der Waals surface area contributed by atoms with Crippen molar-refractivity contribution >= 4 is 29.3 Å². The molecule has 2 aromatic carbocycles. The number of nitro benzene ring substituents is 1. The lowest BCUT2D eigenvalue weighted by Gasteiger charge is -2.19. The molecule has 0 spiro atoms. The molecule has 144 valence electrons. The highest BCUT2D eigenvalue weighted by Gasteiger charge is 2.24. The van der Waals surface area contributed by atoms with Crippen LogP contribution in [0.3, 0.4) is 0 Å². The van der Waals surface area contributed by atoms with E-state index in [1.54, 1.807) is 24.3 Å². The Bertz CT molecular complexity index is 988. The molecule has 0 aromatic heterocycles. The number of fused-ring (bicyclic) bond motifs is 1. The molecule has 2 aromatic rings. The smallest absolute Gasteiger partial charge is 0.338 e. The summed E-state index contributed by atoms with van der Waals surface area (Å²) < 4.78 is 24.0. The van der Waals surface area contributed by atoms with Crippen molar-refractivity contribution in [3.63, 3.8) is 0 Å². The molecule has 1 N–H and O–H groups in total. The van der Waals surface area contributed by atoms with Crippen LogP contribution < -0.4 is 10.1 Å². The second kappa shape index (κ2) is 7.87. The van der Waals surface area contributed by atoms with E-state index in [0.717, 1.165) is 17.7 Å². The summed E-state index contributed by atoms with van der Waals surface area (Å²) in [7, 11) is 0. The van der Waals surface area contributed by atoms with Gasteiger partial charge in [-0.15, -0.1) is 0 Å². The van der Waals surface area contributed by atoms with E-state index < -0.39 is 34.4 Å². The molecule has 0 aliphatic carbocycles. The van der Waals surface area contributed by atoms with E-state index in [0.29, 0.717) is 5.75 Å². The molecule has 8 nitrogen and oxygen atoms in total. The molecule has 0 radical (unpaired) electrons. The van der Waals surface area contributed by atoms with Crippen molar-refractivity contribution < 1.29 is 28.4 Å². The molecular weight excluding hydrogens is 371 g/mol. The molecule has 1 amide bonds. The van der Waals surface area contributed by atoms with Crippen molar-refractivity contribution in [3.8, 4) is 5.75 Å². The van der Waals surface area contributed by atoms with Gasteiger partial charge in [0, 0.05) is 17.3 Å². The highest BCUT2D eigenvalue weighted by Crippen LogP contribution is 2.26. The first-order valence-electron chi connectivity index (χ1n) is 8.23. The zero-order chi connectivity index (χ0) is 20.3. The van der Waals surface area contributed by atoms with Crippen LogP contribution in [0.1, 0.15) is 12.5 Å². The number of ether oxygens (including phenoxy) is 2. The zero-order valence-corrected chi connectivity index (χ0v) is 14.7. The van der Waals surface area contributed by atoms with Crippen LogP contribution in [-0.4, -0.2) is 29.5 Å². The summed E-state index contributed by atoms with van der Waals surface area (Å²) in [6.45, 7) is 1.36. The van der Waals surface area contributed by atoms with Crippen molar-refractivity contribution in [2.45, 2.75) is 13.0 Å². The number of nitrogens with zero attached hydrogens (tertiary/aromatic N) is 1. The van der Waals surface area contributed by atoms with Gasteiger partial charge >= 0.3 is 11.7 Å². The van der Waals surface area contributed by atoms with Crippen LogP contribution >= 0.6 is 0 Å². The maximum absolute atomic E-state index is 13.4. The van der Waals surface area contributed by atoms with Gasteiger partial charge in [-0.05, 0) is 31.2 Å². The largest absolute Gasteiger partial charge is 0.488 e. The minimum Gasteiger partial charge on any atom is -0.488 e. The lowest BCUT2D eigenvalue weighted by atomic mass is 10.1. The number of hydrogen-bond acceptors (Lipinski definition) is 6. The monoisotopic (exact) mass is 386 g/mol. The van der Waals surface area contributed by atoms with Crippen LogP contribution in [0.4, 0.5) is 15.8 Å². The number of rotatable bonds is 5. The third-order valence-corrected chi connectivity index (χ3v) is 3.96. The average molecular weight is 386 g/mol. The highest BCUT2D eigenvalue weighted by molar-refractivity contribution is 5.99. The Labute approximate surface area is 158 Å². The standard InChI is InChI=1S/C19H15FN2O6/c1-11(18(23)21-14-6-7-15(20)16(9-14)22(25)26)28-19(24)13-8-12-4-2-3-5-17(12)27-10-13/h2-9,11H,10H2,1H3,(H,21,23)/t11-/m0/s1. The summed E-state index contributed by atoms with van der Waals surface area (Å²) >= 11 is 0. The van der Waals surface area contributed by atoms with Gasteiger partial charge in [0.05, 0.1) is 10.5 Å². The van der Waals surface area contributed by atoms with Gasteiger partial charge in [-0.25, -0.2) is 4.79 Å². The van der Waals surface area contributed by atoms with Gasteiger partial charge in [0.2, 0.25) is 5.82 Å². The van der Waals surface area contributed by atoms with E-state index in [2.05, 4.69) is 5.32 Å². The number of para-hydroxylation sites is 1. The molecule has 1 atom stereocenters. The second-order valence-electron chi connectivity index (χ2n) is 5.96. The van der Waals surface area contributed by atoms with E-state index in [1.807, 2.05) is 6.07 Å². The molecular formula is C19H15FN2O6. The van der Waals surface area contributed by atoms with Crippen LogP contribution in [0.2, 0.25) is 0 Å². The topological polar surface area (TPSA) is 108 Å². The SMILES string of the molecule is C[C@H](OC(=O)C1=Cc2ccccc2OC1)C(=O)Nc1ccc(F)c([N+](=O)[O-])c1. The molecule has 9 heteroatoms. The van der Waals surface area contributed by atoms with Crippen LogP contribution in [0, 0.1) is 15.9 Å². The molecule has 0 bridgehead atoms. The summed E-state index contributed by atoms with van der Waals surface area (Å²) in [4.78, 5) is 34.3. The Kier molecular flexibility index (Phi) is 5.35. The fourth-order valence-electron chi connectivity index (χ4n) is 2.50. The van der Waals surface area contributed by atoms with E-state index in [1.165, 1.54) is 13.0 Å². The maximum atomic E-state index is 13.4. The van der Waals surface area contributed by atoms with Gasteiger partial charge in [0.1, 0.15) is 12.4 Å². The van der Waals surface area contributed by atoms with Gasteiger partial charge in [-0.3, -0.25) is 14.9 Å². The number of hydrogen-bond donors (Lipinski definition) is 1. The number of amides is 1. The van der Waals surface area contributed by atoms with Crippen molar-refractivity contribution in [2.24, 2.45) is 0 Å². The van der Waals surface area contributed by atoms with Gasteiger partial charge in [-0.1, -0.05) is 18.2 Å². The predicted molar refractivity (Wildman–Crippen MR) is 97.2 cm³/mol. The number of halogens is 1. The highest BCUT2D eigenvalue weighted by atomic mass is 19.1. The summed E-state index contributed by atoms with van der Waals surface area (Å²) in [5.74, 6) is -1.82. The first-order chi connectivity index (χ1) is 13.3. The van der Waals surface area contributed by atoms with Gasteiger partial charge in [0.15, 0.2) is 6.10 Å². The number of carbonyl (C=O) groups is 2. The average Bonchev–Trinajstić information content (AvgIpc) is 2.68. The number of esters is 1. The van der Waals surface area contributed by atoms with Crippen molar-refractivity contribution in [1.82, 2.24) is 0 Å². The minimum atomic E-state index is -1.19. The predicted octanol–water partition coefficient (Wildman–Crippen LogP) is 3.08. The molecule has 3 rings (SSSR count). The fourth-order valence-corrected chi connectivity index (χ4v) is 2.50. The Morgan fingerprint density at radius 2 is 2.04 bits per heavy atom. The summed E-state index contributed by atoms with van der Waals surface area (Å²) in [5.41, 5.74) is 0.202. The Hall–Kier alpha value is -3.75. The zero-order valence-electron chi connectivity index (χ0n) is 14.7. The first-order valence-corrected chi connectivity index (χ1v) is 8.23. The molecule has 1 heterocycles. The van der Waals surface area contributed by atoms with Gasteiger partial charge in [0.25, 0.3) is 5.91 Å². The minimum absolute atomic E-state index is 0.00828. The van der Waals surface area contributed by atoms with E-state index in [9.17, 15) is 24.1 Å². The lowest BCUT2D eigenvalue weighted by Crippen LogP contribution is -2.31. The second-order valence-corrected chi connectivity index (χ2v) is 5.96. The summed E-state index contributed by atoms with van der Waals surface area (Å²) in [6, 6.07) is 10.1. The first kappa shape index (κ1) is 19.0. The van der Waals surface area contributed by atoms with Crippen molar-refractivity contribution in [2.75, 3.05) is 11.9 Å². The van der Waals surface area contributed by atoms with Crippen LogP contribution in [0.5, 0.6) is 5.75 Å². The normalized spacial score (nSPS) is 13.4. The van der Waals surface area contributed by atoms with Crippen molar-refractivity contribution in [1.29, 1.82) is 0 Å². The lowest BCUT2D eigenvalue weighted by molar-refractivity contribution is -0.387. The third kappa shape index (κ3) is 4.14. The van der Waals surface area contributed by atoms with E-state index in [4.69, 9.17) is 9.47 Å². The third-order valence-electron chi connectivity index (χ3n) is 3.96. The van der Waals surface area contributed by atoms with Gasteiger partial charge < -0.3 is 14.8 Å². The molecule has 0 saturated heterocycles. The Balaban J connectivity index is 1.65. The Morgan fingerprint density at radius 1 is 1.29 bits per heavy atom.